The van der Waals surface area contributed by atoms with Crippen molar-refractivity contribution in [3.05, 3.63) is 63.6 Å². The summed E-state index contributed by atoms with van der Waals surface area (Å²) in [6.07, 6.45) is 0.827. The molecule has 0 aromatic heterocycles. The van der Waals surface area contributed by atoms with Crippen LogP contribution in [0.3, 0.4) is 0 Å². The van der Waals surface area contributed by atoms with E-state index in [9.17, 15) is 9.59 Å². The molecule has 2 aromatic carbocycles. The first-order valence-corrected chi connectivity index (χ1v) is 11.0. The first-order valence-electron chi connectivity index (χ1n) is 10.2. The highest BCUT2D eigenvalue weighted by Crippen LogP contribution is 2.18. The van der Waals surface area contributed by atoms with E-state index in [1.807, 2.05) is 64.1 Å². The monoisotopic (exact) mass is 474 g/mol. The molecule has 30 heavy (non-hydrogen) atoms. The molecule has 0 aliphatic heterocycles. The van der Waals surface area contributed by atoms with E-state index >= 15 is 0 Å². The highest BCUT2D eigenvalue weighted by molar-refractivity contribution is 9.10. The summed E-state index contributed by atoms with van der Waals surface area (Å²) in [5.74, 6) is 0.250. The van der Waals surface area contributed by atoms with Gasteiger partial charge in [0.25, 0.3) is 5.91 Å². The molecule has 0 radical (unpaired) electrons. The standard InChI is InChI=1S/C24H31BrN2O3/c1-6-18(4)26-24(29)19(5)27(14-20-8-7-9-21(25)13-20)23(28)15-30-22-11-16(2)10-17(3)12-22/h7-13,18-19H,6,14-15H2,1-5H3,(H,26,29)/t18-,19-/m1/s1. The zero-order valence-corrected chi connectivity index (χ0v) is 20.0. The number of hydrogen-bond donors (Lipinski definition) is 1. The van der Waals surface area contributed by atoms with E-state index in [2.05, 4.69) is 27.3 Å². The van der Waals surface area contributed by atoms with Crippen LogP contribution < -0.4 is 10.1 Å². The second-order valence-corrected chi connectivity index (χ2v) is 8.67. The van der Waals surface area contributed by atoms with Crippen molar-refractivity contribution in [2.45, 2.75) is 59.7 Å². The number of aryl methyl sites for hydroxylation is 2. The predicted molar refractivity (Wildman–Crippen MR) is 123 cm³/mol. The largest absolute Gasteiger partial charge is 0.484 e. The van der Waals surface area contributed by atoms with Crippen LogP contribution in [-0.4, -0.2) is 35.4 Å². The van der Waals surface area contributed by atoms with E-state index in [0.29, 0.717) is 12.3 Å². The van der Waals surface area contributed by atoms with Gasteiger partial charge in [0, 0.05) is 17.1 Å². The Morgan fingerprint density at radius 3 is 2.37 bits per heavy atom. The minimum absolute atomic E-state index is 0.0503. The van der Waals surface area contributed by atoms with Crippen LogP contribution in [-0.2, 0) is 16.1 Å². The highest BCUT2D eigenvalue weighted by atomic mass is 79.9. The van der Waals surface area contributed by atoms with E-state index < -0.39 is 6.04 Å². The summed E-state index contributed by atoms with van der Waals surface area (Å²) in [4.78, 5) is 27.4. The van der Waals surface area contributed by atoms with E-state index in [4.69, 9.17) is 4.74 Å². The molecule has 0 unspecified atom stereocenters. The predicted octanol–water partition coefficient (Wildman–Crippen LogP) is 4.78. The van der Waals surface area contributed by atoms with Crippen LogP contribution in [0.25, 0.3) is 0 Å². The second-order valence-electron chi connectivity index (χ2n) is 7.76. The SMILES string of the molecule is CC[C@@H](C)NC(=O)[C@@H](C)N(Cc1cccc(Br)c1)C(=O)COc1cc(C)cc(C)c1. The van der Waals surface area contributed by atoms with Gasteiger partial charge in [-0.2, -0.15) is 0 Å². The third kappa shape index (κ3) is 7.17. The van der Waals surface area contributed by atoms with Gasteiger partial charge in [-0.25, -0.2) is 0 Å². The molecule has 0 aliphatic carbocycles. The van der Waals surface area contributed by atoms with Crippen LogP contribution in [0.5, 0.6) is 5.75 Å². The first-order chi connectivity index (χ1) is 14.2. The average Bonchev–Trinajstić information content (AvgIpc) is 2.69. The zero-order valence-electron chi connectivity index (χ0n) is 18.4. The number of halogens is 1. The Morgan fingerprint density at radius 2 is 1.77 bits per heavy atom. The molecule has 0 saturated carbocycles. The number of nitrogens with one attached hydrogen (secondary N) is 1. The molecule has 2 amide bonds. The van der Waals surface area contributed by atoms with Crippen molar-refractivity contribution in [3.8, 4) is 5.75 Å². The average molecular weight is 475 g/mol. The number of benzene rings is 2. The number of rotatable bonds is 9. The van der Waals surface area contributed by atoms with Gasteiger partial charge in [0.05, 0.1) is 0 Å². The molecule has 2 aromatic rings. The van der Waals surface area contributed by atoms with Gasteiger partial charge in [-0.1, -0.05) is 41.1 Å². The molecule has 0 heterocycles. The lowest BCUT2D eigenvalue weighted by Crippen LogP contribution is -2.50. The first kappa shape index (κ1) is 23.9. The van der Waals surface area contributed by atoms with Crippen LogP contribution in [0.1, 0.15) is 43.9 Å². The summed E-state index contributed by atoms with van der Waals surface area (Å²) >= 11 is 3.46. The van der Waals surface area contributed by atoms with Crippen molar-refractivity contribution in [2.24, 2.45) is 0 Å². The normalized spacial score (nSPS) is 12.7. The fraction of sp³-hybridized carbons (Fsp3) is 0.417. The van der Waals surface area contributed by atoms with E-state index in [1.54, 1.807) is 11.8 Å². The molecule has 1 N–H and O–H groups in total. The van der Waals surface area contributed by atoms with E-state index in [-0.39, 0.29) is 24.5 Å². The fourth-order valence-corrected chi connectivity index (χ4v) is 3.57. The van der Waals surface area contributed by atoms with Crippen molar-refractivity contribution < 1.29 is 14.3 Å². The Bertz CT molecular complexity index is 864. The lowest BCUT2D eigenvalue weighted by Gasteiger charge is -2.29. The Hall–Kier alpha value is -2.34. The zero-order chi connectivity index (χ0) is 22.3. The highest BCUT2D eigenvalue weighted by Gasteiger charge is 2.27. The van der Waals surface area contributed by atoms with Crippen LogP contribution in [0.2, 0.25) is 0 Å². The van der Waals surface area contributed by atoms with Crippen molar-refractivity contribution in [1.29, 1.82) is 0 Å². The Kier molecular flexibility index (Phi) is 8.90. The van der Waals surface area contributed by atoms with Gasteiger partial charge in [0.15, 0.2) is 6.61 Å². The summed E-state index contributed by atoms with van der Waals surface area (Å²) in [7, 11) is 0. The van der Waals surface area contributed by atoms with Gasteiger partial charge in [-0.15, -0.1) is 0 Å². The number of hydrogen-bond acceptors (Lipinski definition) is 3. The molecular formula is C24H31BrN2O3. The van der Waals surface area contributed by atoms with Crippen LogP contribution in [0.15, 0.2) is 46.9 Å². The van der Waals surface area contributed by atoms with Gasteiger partial charge in [0.1, 0.15) is 11.8 Å². The molecule has 5 nitrogen and oxygen atoms in total. The van der Waals surface area contributed by atoms with Crippen molar-refractivity contribution >= 4 is 27.7 Å². The molecule has 162 valence electrons. The molecule has 0 spiro atoms. The second kappa shape index (κ2) is 11.2. The lowest BCUT2D eigenvalue weighted by molar-refractivity contribution is -0.142. The van der Waals surface area contributed by atoms with Crippen LogP contribution in [0.4, 0.5) is 0 Å². The summed E-state index contributed by atoms with van der Waals surface area (Å²) in [6.45, 7) is 9.89. The molecule has 2 atom stereocenters. The maximum atomic E-state index is 13.1. The van der Waals surface area contributed by atoms with Crippen molar-refractivity contribution in [2.75, 3.05) is 6.61 Å². The van der Waals surface area contributed by atoms with Gasteiger partial charge in [-0.3, -0.25) is 9.59 Å². The molecule has 0 saturated heterocycles. The molecule has 2 rings (SSSR count). The number of carbonyl (C=O) groups excluding carboxylic acids is 2. The van der Waals surface area contributed by atoms with Gasteiger partial charge in [0.2, 0.25) is 5.91 Å². The molecule has 6 heteroatoms. The Morgan fingerprint density at radius 1 is 1.10 bits per heavy atom. The number of nitrogens with zero attached hydrogens (tertiary/aromatic N) is 1. The summed E-state index contributed by atoms with van der Waals surface area (Å²) < 4.78 is 6.70. The molecule has 0 aliphatic rings. The number of ether oxygens (including phenoxy) is 1. The van der Waals surface area contributed by atoms with E-state index in [1.165, 1.54) is 0 Å². The van der Waals surface area contributed by atoms with Gasteiger partial charge in [-0.05, 0) is 75.1 Å². The maximum Gasteiger partial charge on any atom is 0.261 e. The lowest BCUT2D eigenvalue weighted by atomic mass is 10.1. The van der Waals surface area contributed by atoms with Crippen molar-refractivity contribution in [3.63, 3.8) is 0 Å². The summed E-state index contributed by atoms with van der Waals surface area (Å²) in [5.41, 5.74) is 3.08. The summed E-state index contributed by atoms with van der Waals surface area (Å²) in [5, 5.41) is 2.97. The minimum atomic E-state index is -0.617. The maximum absolute atomic E-state index is 13.1. The van der Waals surface area contributed by atoms with Crippen molar-refractivity contribution in [1.82, 2.24) is 10.2 Å². The number of carbonyl (C=O) groups is 2. The molecule has 0 fully saturated rings. The van der Waals surface area contributed by atoms with Gasteiger partial charge < -0.3 is 15.0 Å². The topological polar surface area (TPSA) is 58.6 Å². The third-order valence-electron chi connectivity index (χ3n) is 4.97. The molecule has 0 bridgehead atoms. The molecular weight excluding hydrogens is 444 g/mol. The Labute approximate surface area is 187 Å². The Balaban J connectivity index is 2.17. The minimum Gasteiger partial charge on any atom is -0.484 e. The summed E-state index contributed by atoms with van der Waals surface area (Å²) in [6, 6.07) is 13.0. The number of amides is 2. The quantitative estimate of drug-likeness (QED) is 0.568. The van der Waals surface area contributed by atoms with E-state index in [0.717, 1.165) is 27.6 Å². The fourth-order valence-electron chi connectivity index (χ4n) is 3.12. The van der Waals surface area contributed by atoms with Gasteiger partial charge >= 0.3 is 0 Å². The van der Waals surface area contributed by atoms with Crippen LogP contribution in [0, 0.1) is 13.8 Å². The third-order valence-corrected chi connectivity index (χ3v) is 5.46. The van der Waals surface area contributed by atoms with Crippen LogP contribution >= 0.6 is 15.9 Å². The smallest absolute Gasteiger partial charge is 0.261 e.